The molecule has 0 radical (unpaired) electrons. The first-order chi connectivity index (χ1) is 4.77. The van der Waals surface area contributed by atoms with Crippen LogP contribution in [0.2, 0.25) is 0 Å². The summed E-state index contributed by atoms with van der Waals surface area (Å²) in [6.45, 7) is 2.16. The van der Waals surface area contributed by atoms with E-state index >= 15 is 0 Å². The Bertz CT molecular complexity index is 126. The standard InChI is InChI=1S/C8H12Cl2.Pd/c1-2-3-4-5-6-7-8(9)10;/h5-7H,2-4H2,1H3;. The predicted octanol–water partition coefficient (Wildman–Crippen LogP) is 4.05. The normalized spacial score (nSPS) is 9.36. The third kappa shape index (κ3) is 13.7. The second-order valence-electron chi connectivity index (χ2n) is 2.03. The third-order valence-corrected chi connectivity index (χ3v) is 1.33. The van der Waals surface area contributed by atoms with Gasteiger partial charge in [0.05, 0.1) is 0 Å². The maximum Gasteiger partial charge on any atom is 0.106 e. The van der Waals surface area contributed by atoms with Gasteiger partial charge in [-0.2, -0.15) is 0 Å². The van der Waals surface area contributed by atoms with E-state index < -0.39 is 0 Å². The van der Waals surface area contributed by atoms with Crippen molar-refractivity contribution in [2.24, 2.45) is 0 Å². The van der Waals surface area contributed by atoms with Crippen molar-refractivity contribution in [2.45, 2.75) is 26.2 Å². The molecule has 0 spiro atoms. The molecule has 0 rings (SSSR count). The predicted molar refractivity (Wildman–Crippen MR) is 48.5 cm³/mol. The van der Waals surface area contributed by atoms with Gasteiger partial charge in [0.1, 0.15) is 4.49 Å². The SMILES string of the molecule is CCCCC=CC=C(Cl)Cl.[Pd]. The van der Waals surface area contributed by atoms with Crippen LogP contribution in [0.5, 0.6) is 0 Å². The largest absolute Gasteiger partial charge is 0.106 e. The van der Waals surface area contributed by atoms with Crippen molar-refractivity contribution in [3.05, 3.63) is 22.7 Å². The zero-order chi connectivity index (χ0) is 7.82. The van der Waals surface area contributed by atoms with Crippen LogP contribution in [0.4, 0.5) is 0 Å². The Balaban J connectivity index is 0. The fourth-order valence-corrected chi connectivity index (χ4v) is 0.704. The quantitative estimate of drug-likeness (QED) is 0.415. The molecule has 0 nitrogen and oxygen atoms in total. The fourth-order valence-electron chi connectivity index (χ4n) is 0.559. The van der Waals surface area contributed by atoms with Crippen LogP contribution in [0.1, 0.15) is 26.2 Å². The number of halogens is 2. The van der Waals surface area contributed by atoms with Gasteiger partial charge in [-0.25, -0.2) is 0 Å². The molecule has 11 heavy (non-hydrogen) atoms. The van der Waals surface area contributed by atoms with Crippen molar-refractivity contribution < 1.29 is 20.4 Å². The van der Waals surface area contributed by atoms with Gasteiger partial charge in [0.15, 0.2) is 0 Å². The molecule has 0 saturated heterocycles. The summed E-state index contributed by atoms with van der Waals surface area (Å²) in [6.07, 6.45) is 9.18. The van der Waals surface area contributed by atoms with Crippen LogP contribution in [0, 0.1) is 0 Å². The molecule has 0 aliphatic carbocycles. The Morgan fingerprint density at radius 1 is 1.36 bits per heavy atom. The second-order valence-corrected chi connectivity index (χ2v) is 3.03. The van der Waals surface area contributed by atoms with Crippen molar-refractivity contribution in [3.63, 3.8) is 0 Å². The van der Waals surface area contributed by atoms with Gasteiger partial charge in [-0.05, 0) is 12.5 Å². The molecule has 3 heteroatoms. The summed E-state index contributed by atoms with van der Waals surface area (Å²) >= 11 is 10.7. The molecule has 0 saturated carbocycles. The van der Waals surface area contributed by atoms with Crippen LogP contribution >= 0.6 is 23.2 Å². The van der Waals surface area contributed by atoms with Crippen LogP contribution in [-0.4, -0.2) is 0 Å². The van der Waals surface area contributed by atoms with Gasteiger partial charge < -0.3 is 0 Å². The Hall–Kier alpha value is 0.722. The molecular formula is C8H12Cl2Pd. The first kappa shape index (κ1) is 14.3. The number of allylic oxidation sites excluding steroid dienone is 3. The Labute approximate surface area is 92.3 Å². The minimum Gasteiger partial charge on any atom is -0.0845 e. The molecular weight excluding hydrogens is 273 g/mol. The molecule has 0 aliphatic rings. The van der Waals surface area contributed by atoms with Crippen molar-refractivity contribution in [3.8, 4) is 0 Å². The van der Waals surface area contributed by atoms with Gasteiger partial charge in [0, 0.05) is 20.4 Å². The van der Waals surface area contributed by atoms with E-state index in [0.717, 1.165) is 6.42 Å². The van der Waals surface area contributed by atoms with Crippen LogP contribution in [-0.2, 0) is 20.4 Å². The summed E-state index contributed by atoms with van der Waals surface area (Å²) in [5.74, 6) is 0. The zero-order valence-electron chi connectivity index (χ0n) is 6.43. The third-order valence-electron chi connectivity index (χ3n) is 1.08. The second kappa shape index (κ2) is 10.7. The monoisotopic (exact) mass is 284 g/mol. The molecule has 0 aromatic rings. The minimum absolute atomic E-state index is 0. The molecule has 0 atom stereocenters. The summed E-state index contributed by atoms with van der Waals surface area (Å²) < 4.78 is 0.313. The van der Waals surface area contributed by atoms with E-state index in [0.29, 0.717) is 4.49 Å². The summed E-state index contributed by atoms with van der Waals surface area (Å²) in [7, 11) is 0. The van der Waals surface area contributed by atoms with E-state index in [1.807, 2.05) is 6.08 Å². The average molecular weight is 286 g/mol. The van der Waals surface area contributed by atoms with Gasteiger partial charge in [0.25, 0.3) is 0 Å². The van der Waals surface area contributed by atoms with Crippen molar-refractivity contribution >= 4 is 23.2 Å². The minimum atomic E-state index is 0. The van der Waals surface area contributed by atoms with E-state index in [-0.39, 0.29) is 20.4 Å². The number of unbranched alkanes of at least 4 members (excludes halogenated alkanes) is 2. The van der Waals surface area contributed by atoms with Crippen LogP contribution in [0.3, 0.4) is 0 Å². The molecule has 0 amide bonds. The number of hydrogen-bond donors (Lipinski definition) is 0. The maximum absolute atomic E-state index is 5.37. The Morgan fingerprint density at radius 3 is 2.45 bits per heavy atom. The molecule has 0 heterocycles. The van der Waals surface area contributed by atoms with Gasteiger partial charge in [-0.3, -0.25) is 0 Å². The topological polar surface area (TPSA) is 0 Å². The molecule has 0 aromatic carbocycles. The van der Waals surface area contributed by atoms with Gasteiger partial charge in [-0.15, -0.1) is 0 Å². The van der Waals surface area contributed by atoms with E-state index in [1.54, 1.807) is 6.08 Å². The van der Waals surface area contributed by atoms with Gasteiger partial charge in [-0.1, -0.05) is 55.1 Å². The Kier molecular flexibility index (Phi) is 13.9. The van der Waals surface area contributed by atoms with E-state index in [2.05, 4.69) is 13.0 Å². The average Bonchev–Trinajstić information content (AvgIpc) is 1.87. The molecule has 0 fully saturated rings. The number of rotatable bonds is 4. The van der Waals surface area contributed by atoms with E-state index in [1.165, 1.54) is 12.8 Å². The molecule has 0 N–H and O–H groups in total. The van der Waals surface area contributed by atoms with Crippen molar-refractivity contribution in [2.75, 3.05) is 0 Å². The molecule has 0 aliphatic heterocycles. The van der Waals surface area contributed by atoms with Crippen molar-refractivity contribution in [1.29, 1.82) is 0 Å². The van der Waals surface area contributed by atoms with E-state index in [4.69, 9.17) is 23.2 Å². The maximum atomic E-state index is 5.37. The smallest absolute Gasteiger partial charge is 0.0845 e. The summed E-state index contributed by atoms with van der Waals surface area (Å²) in [5, 5.41) is 0. The summed E-state index contributed by atoms with van der Waals surface area (Å²) in [6, 6.07) is 0. The van der Waals surface area contributed by atoms with Gasteiger partial charge >= 0.3 is 0 Å². The summed E-state index contributed by atoms with van der Waals surface area (Å²) in [4.78, 5) is 0. The van der Waals surface area contributed by atoms with Crippen LogP contribution < -0.4 is 0 Å². The first-order valence-electron chi connectivity index (χ1n) is 3.45. The summed E-state index contributed by atoms with van der Waals surface area (Å²) in [5.41, 5.74) is 0. The van der Waals surface area contributed by atoms with Gasteiger partial charge in [0.2, 0.25) is 0 Å². The Morgan fingerprint density at radius 2 is 2.00 bits per heavy atom. The first-order valence-corrected chi connectivity index (χ1v) is 4.20. The molecule has 0 unspecified atom stereocenters. The molecule has 0 bridgehead atoms. The van der Waals surface area contributed by atoms with Crippen LogP contribution in [0.25, 0.3) is 0 Å². The molecule has 0 aromatic heterocycles. The van der Waals surface area contributed by atoms with Crippen molar-refractivity contribution in [1.82, 2.24) is 0 Å². The number of hydrogen-bond acceptors (Lipinski definition) is 0. The van der Waals surface area contributed by atoms with Crippen LogP contribution in [0.15, 0.2) is 22.7 Å². The zero-order valence-corrected chi connectivity index (χ0v) is 9.49. The van der Waals surface area contributed by atoms with E-state index in [9.17, 15) is 0 Å². The molecule has 68 valence electrons. The fraction of sp³-hybridized carbons (Fsp3) is 0.500.